The molecule has 0 spiro atoms. The highest BCUT2D eigenvalue weighted by molar-refractivity contribution is 9.09. The second kappa shape index (κ2) is 4.28. The fraction of sp³-hybridized carbons (Fsp3) is 0.167. The summed E-state index contributed by atoms with van der Waals surface area (Å²) in [4.78, 5) is 0.328. The molecule has 0 nitrogen and oxygen atoms in total. The van der Waals surface area contributed by atoms with Crippen molar-refractivity contribution in [3.05, 3.63) is 57.8 Å². The van der Waals surface area contributed by atoms with Crippen LogP contribution in [0.25, 0.3) is 0 Å². The third-order valence-electron chi connectivity index (χ3n) is 2.21. The topological polar surface area (TPSA) is 0 Å². The third kappa shape index (κ3) is 2.07. The van der Waals surface area contributed by atoms with E-state index in [-0.39, 0.29) is 0 Å². The summed E-state index contributed by atoms with van der Waals surface area (Å²) in [6, 6.07) is 10.8. The average Bonchev–Trinajstić information content (AvgIpc) is 2.71. The van der Waals surface area contributed by atoms with E-state index in [0.717, 1.165) is 0 Å². The van der Waals surface area contributed by atoms with Crippen molar-refractivity contribution in [2.24, 2.45) is 0 Å². The number of benzene rings is 1. The Bertz CT molecular complexity index is 389. The number of hydrogen-bond donors (Lipinski definition) is 0. The molecule has 2 rings (SSSR count). The van der Waals surface area contributed by atoms with Crippen LogP contribution in [0.4, 0.5) is 0 Å². The molecule has 0 fully saturated rings. The first-order valence-corrected chi connectivity index (χ1v) is 6.36. The smallest absolute Gasteiger partial charge is 0.0652 e. The first-order valence-electron chi connectivity index (χ1n) is 4.50. The lowest BCUT2D eigenvalue weighted by atomic mass is 10.1. The van der Waals surface area contributed by atoms with Gasteiger partial charge in [0.1, 0.15) is 0 Å². The Kier molecular flexibility index (Phi) is 3.04. The minimum absolute atomic E-state index is 0.328. The highest BCUT2D eigenvalue weighted by Crippen LogP contribution is 2.31. The molecule has 14 heavy (non-hydrogen) atoms. The molecular formula is C12H11BrS. The average molecular weight is 267 g/mol. The van der Waals surface area contributed by atoms with Crippen LogP contribution in [0.5, 0.6) is 0 Å². The fourth-order valence-electron chi connectivity index (χ4n) is 1.35. The van der Waals surface area contributed by atoms with Gasteiger partial charge >= 0.3 is 0 Å². The van der Waals surface area contributed by atoms with E-state index in [0.29, 0.717) is 4.83 Å². The SMILES string of the molecule is Cc1ccc(C(Br)c2ccsc2)cc1. The van der Waals surface area contributed by atoms with Gasteiger partial charge in [0.25, 0.3) is 0 Å². The van der Waals surface area contributed by atoms with Gasteiger partial charge < -0.3 is 0 Å². The van der Waals surface area contributed by atoms with Gasteiger partial charge in [-0.2, -0.15) is 11.3 Å². The van der Waals surface area contributed by atoms with Gasteiger partial charge in [0.2, 0.25) is 0 Å². The lowest BCUT2D eigenvalue weighted by Gasteiger charge is -2.08. The van der Waals surface area contributed by atoms with Crippen molar-refractivity contribution in [3.63, 3.8) is 0 Å². The summed E-state index contributed by atoms with van der Waals surface area (Å²) in [5.41, 5.74) is 3.95. The van der Waals surface area contributed by atoms with E-state index < -0.39 is 0 Å². The van der Waals surface area contributed by atoms with Crippen LogP contribution in [0.2, 0.25) is 0 Å². The molecule has 0 aliphatic heterocycles. The molecular weight excluding hydrogens is 256 g/mol. The van der Waals surface area contributed by atoms with E-state index >= 15 is 0 Å². The molecule has 1 aromatic carbocycles. The summed E-state index contributed by atoms with van der Waals surface area (Å²) in [6.45, 7) is 2.11. The van der Waals surface area contributed by atoms with Gasteiger partial charge in [-0.3, -0.25) is 0 Å². The zero-order chi connectivity index (χ0) is 9.97. The molecule has 0 aliphatic carbocycles. The van der Waals surface area contributed by atoms with Crippen molar-refractivity contribution in [1.82, 2.24) is 0 Å². The maximum absolute atomic E-state index is 3.70. The summed E-state index contributed by atoms with van der Waals surface area (Å²) in [7, 11) is 0. The summed E-state index contributed by atoms with van der Waals surface area (Å²) in [5, 5.41) is 4.29. The van der Waals surface area contributed by atoms with E-state index in [2.05, 4.69) is 63.9 Å². The Labute approximate surface area is 96.7 Å². The van der Waals surface area contributed by atoms with Gasteiger partial charge in [0, 0.05) is 0 Å². The van der Waals surface area contributed by atoms with Crippen molar-refractivity contribution < 1.29 is 0 Å². The molecule has 72 valence electrons. The van der Waals surface area contributed by atoms with Crippen molar-refractivity contribution in [3.8, 4) is 0 Å². The van der Waals surface area contributed by atoms with E-state index in [9.17, 15) is 0 Å². The van der Waals surface area contributed by atoms with Gasteiger partial charge in [-0.15, -0.1) is 0 Å². The van der Waals surface area contributed by atoms with Gasteiger partial charge in [-0.1, -0.05) is 45.8 Å². The van der Waals surface area contributed by atoms with Crippen molar-refractivity contribution in [2.75, 3.05) is 0 Å². The van der Waals surface area contributed by atoms with Crippen LogP contribution in [-0.2, 0) is 0 Å². The Morgan fingerprint density at radius 2 is 1.79 bits per heavy atom. The molecule has 1 atom stereocenters. The van der Waals surface area contributed by atoms with E-state index in [1.807, 2.05) is 0 Å². The summed E-state index contributed by atoms with van der Waals surface area (Å²) in [5.74, 6) is 0. The van der Waals surface area contributed by atoms with Gasteiger partial charge in [-0.25, -0.2) is 0 Å². The molecule has 1 heterocycles. The predicted octanol–water partition coefficient (Wildman–Crippen LogP) is 4.54. The Balaban J connectivity index is 2.28. The molecule has 1 aromatic heterocycles. The lowest BCUT2D eigenvalue weighted by Crippen LogP contribution is -1.89. The minimum Gasteiger partial charge on any atom is -0.152 e. The van der Waals surface area contributed by atoms with Crippen molar-refractivity contribution in [1.29, 1.82) is 0 Å². The maximum Gasteiger partial charge on any atom is 0.0652 e. The lowest BCUT2D eigenvalue weighted by molar-refractivity contribution is 1.19. The zero-order valence-corrected chi connectivity index (χ0v) is 10.3. The van der Waals surface area contributed by atoms with Gasteiger partial charge in [0.05, 0.1) is 4.83 Å². The summed E-state index contributed by atoms with van der Waals surface area (Å²) in [6.07, 6.45) is 0. The van der Waals surface area contributed by atoms with E-state index in [1.165, 1.54) is 16.7 Å². The molecule has 0 amide bonds. The number of alkyl halides is 1. The third-order valence-corrected chi connectivity index (χ3v) is 3.96. The molecule has 0 radical (unpaired) electrons. The molecule has 0 N–H and O–H groups in total. The van der Waals surface area contributed by atoms with Crippen LogP contribution in [0.1, 0.15) is 21.5 Å². The van der Waals surface area contributed by atoms with Crippen LogP contribution >= 0.6 is 27.3 Å². The largest absolute Gasteiger partial charge is 0.152 e. The molecule has 0 saturated carbocycles. The predicted molar refractivity (Wildman–Crippen MR) is 66.3 cm³/mol. The second-order valence-electron chi connectivity index (χ2n) is 3.33. The monoisotopic (exact) mass is 266 g/mol. The first kappa shape index (κ1) is 9.94. The molecule has 0 saturated heterocycles. The van der Waals surface area contributed by atoms with Crippen LogP contribution in [0, 0.1) is 6.92 Å². The van der Waals surface area contributed by atoms with Crippen LogP contribution < -0.4 is 0 Å². The minimum atomic E-state index is 0.328. The second-order valence-corrected chi connectivity index (χ2v) is 5.03. The van der Waals surface area contributed by atoms with E-state index in [1.54, 1.807) is 11.3 Å². The van der Waals surface area contributed by atoms with Gasteiger partial charge in [0.15, 0.2) is 0 Å². The number of aryl methyl sites for hydroxylation is 1. The van der Waals surface area contributed by atoms with Crippen LogP contribution in [0.15, 0.2) is 41.1 Å². The summed E-state index contributed by atoms with van der Waals surface area (Å²) < 4.78 is 0. The molecule has 2 heteroatoms. The highest BCUT2D eigenvalue weighted by Gasteiger charge is 2.09. The normalized spacial score (nSPS) is 12.7. The molecule has 0 aliphatic rings. The van der Waals surface area contributed by atoms with Crippen molar-refractivity contribution >= 4 is 27.3 Å². The molecule has 1 unspecified atom stereocenters. The Morgan fingerprint density at radius 3 is 2.36 bits per heavy atom. The fourth-order valence-corrected chi connectivity index (χ4v) is 2.80. The van der Waals surface area contributed by atoms with Crippen LogP contribution in [0.3, 0.4) is 0 Å². The van der Waals surface area contributed by atoms with Gasteiger partial charge in [-0.05, 0) is 34.9 Å². The zero-order valence-electron chi connectivity index (χ0n) is 7.91. The number of halogens is 1. The number of hydrogen-bond acceptors (Lipinski definition) is 1. The number of rotatable bonds is 2. The van der Waals surface area contributed by atoms with Crippen molar-refractivity contribution in [2.45, 2.75) is 11.8 Å². The quantitative estimate of drug-likeness (QED) is 0.701. The molecule has 2 aromatic rings. The Morgan fingerprint density at radius 1 is 1.07 bits per heavy atom. The van der Waals surface area contributed by atoms with Crippen LogP contribution in [-0.4, -0.2) is 0 Å². The number of thiophene rings is 1. The molecule has 0 bridgehead atoms. The first-order chi connectivity index (χ1) is 6.77. The summed E-state index contributed by atoms with van der Waals surface area (Å²) >= 11 is 5.44. The van der Waals surface area contributed by atoms with E-state index in [4.69, 9.17) is 0 Å². The standard InChI is InChI=1S/C12H11BrS/c1-9-2-4-10(5-3-9)12(13)11-6-7-14-8-11/h2-8,12H,1H3. The maximum atomic E-state index is 3.70. The highest BCUT2D eigenvalue weighted by atomic mass is 79.9. The Hall–Kier alpha value is -0.600.